The number of hydrogen-bond donors (Lipinski definition) is 2. The maximum atomic E-state index is 12.0. The molecule has 0 saturated carbocycles. The van der Waals surface area contributed by atoms with Gasteiger partial charge in [-0.2, -0.15) is 0 Å². The molecule has 2 rings (SSSR count). The Hall–Kier alpha value is -1.35. The van der Waals surface area contributed by atoms with Crippen molar-refractivity contribution in [1.82, 2.24) is 20.4 Å². The number of likely N-dealkylation sites (tertiary alicyclic amines) is 1. The lowest BCUT2D eigenvalue weighted by molar-refractivity contribution is 0.0827. The van der Waals surface area contributed by atoms with Crippen molar-refractivity contribution in [1.29, 1.82) is 0 Å². The van der Waals surface area contributed by atoms with Gasteiger partial charge in [-0.05, 0) is 63.4 Å². The van der Waals surface area contributed by atoms with Crippen molar-refractivity contribution in [3.8, 4) is 0 Å². The summed E-state index contributed by atoms with van der Waals surface area (Å²) in [5.74, 6) is 1.72. The number of rotatable bonds is 7. The molecule has 1 unspecified atom stereocenters. The Labute approximate surface area is 193 Å². The smallest absolute Gasteiger partial charge is 0.253 e. The van der Waals surface area contributed by atoms with Gasteiger partial charge in [0.15, 0.2) is 5.96 Å². The first-order valence-electron chi connectivity index (χ1n) is 10.5. The minimum Gasteiger partial charge on any atom is -0.357 e. The fourth-order valence-corrected chi connectivity index (χ4v) is 3.37. The highest BCUT2D eigenvalue weighted by molar-refractivity contribution is 14.0. The number of benzene rings is 1. The molecule has 7 heteroatoms. The van der Waals surface area contributed by atoms with Crippen LogP contribution in [0.1, 0.15) is 49.5 Å². The van der Waals surface area contributed by atoms with Crippen LogP contribution in [0, 0.1) is 5.92 Å². The first kappa shape index (κ1) is 25.7. The molecule has 1 heterocycles. The quantitative estimate of drug-likeness (QED) is 0.333. The van der Waals surface area contributed by atoms with E-state index in [0.717, 1.165) is 30.5 Å². The molecule has 6 nitrogen and oxygen atoms in total. The first-order valence-corrected chi connectivity index (χ1v) is 10.5. The van der Waals surface area contributed by atoms with Crippen LogP contribution in [0.5, 0.6) is 0 Å². The largest absolute Gasteiger partial charge is 0.357 e. The summed E-state index contributed by atoms with van der Waals surface area (Å²) in [6.07, 6.45) is 2.59. The van der Waals surface area contributed by atoms with E-state index in [1.165, 1.54) is 25.9 Å². The highest BCUT2D eigenvalue weighted by Crippen LogP contribution is 2.17. The van der Waals surface area contributed by atoms with Crippen molar-refractivity contribution in [2.24, 2.45) is 10.9 Å². The molecule has 1 saturated heterocycles. The van der Waals surface area contributed by atoms with Crippen LogP contribution in [0.2, 0.25) is 0 Å². The summed E-state index contributed by atoms with van der Waals surface area (Å²) < 4.78 is 0. The van der Waals surface area contributed by atoms with E-state index in [-0.39, 0.29) is 29.9 Å². The topological polar surface area (TPSA) is 60.0 Å². The van der Waals surface area contributed by atoms with Gasteiger partial charge in [0.25, 0.3) is 5.91 Å². The van der Waals surface area contributed by atoms with E-state index in [2.05, 4.69) is 36.3 Å². The Morgan fingerprint density at radius 2 is 1.83 bits per heavy atom. The van der Waals surface area contributed by atoms with Crippen molar-refractivity contribution in [2.75, 3.05) is 40.3 Å². The van der Waals surface area contributed by atoms with Gasteiger partial charge in [-0.1, -0.05) is 19.1 Å². The molecule has 0 aliphatic carbocycles. The minimum atomic E-state index is 0. The van der Waals surface area contributed by atoms with Crippen LogP contribution >= 0.6 is 24.0 Å². The Morgan fingerprint density at radius 3 is 2.38 bits per heavy atom. The lowest BCUT2D eigenvalue weighted by Gasteiger charge is -2.35. The standard InChI is InChI=1S/C22H37N5O.HI/c1-6-23-22(24-15-18(3)27-13-11-17(2)12-14-27)25-16-19-7-9-20(10-8-19)21(28)26(4)5;/h7-10,17-18H,6,11-16H2,1-5H3,(H2,23,24,25);1H. The third-order valence-electron chi connectivity index (χ3n) is 5.38. The third-order valence-corrected chi connectivity index (χ3v) is 5.38. The fraction of sp³-hybridized carbons (Fsp3) is 0.636. The maximum Gasteiger partial charge on any atom is 0.253 e. The molecule has 0 spiro atoms. The predicted octanol–water partition coefficient (Wildman–Crippen LogP) is 3.18. The first-order chi connectivity index (χ1) is 13.4. The molecule has 0 radical (unpaired) electrons. The number of nitrogens with one attached hydrogen (secondary N) is 2. The summed E-state index contributed by atoms with van der Waals surface area (Å²) in [6.45, 7) is 11.4. The van der Waals surface area contributed by atoms with Crippen LogP contribution in [-0.2, 0) is 6.54 Å². The van der Waals surface area contributed by atoms with Gasteiger partial charge >= 0.3 is 0 Å². The Kier molecular flexibility index (Phi) is 11.6. The molecule has 164 valence electrons. The second-order valence-corrected chi connectivity index (χ2v) is 8.04. The van der Waals surface area contributed by atoms with E-state index < -0.39 is 0 Å². The number of aliphatic imine (C=N–C) groups is 1. The zero-order valence-corrected chi connectivity index (χ0v) is 20.9. The van der Waals surface area contributed by atoms with E-state index in [0.29, 0.717) is 18.2 Å². The third kappa shape index (κ3) is 8.50. The Balaban J connectivity index is 0.00000420. The molecule has 0 bridgehead atoms. The van der Waals surface area contributed by atoms with Crippen LogP contribution in [-0.4, -0.2) is 68.0 Å². The summed E-state index contributed by atoms with van der Waals surface area (Å²) in [5.41, 5.74) is 1.79. The Bertz CT molecular complexity index is 639. The minimum absolute atomic E-state index is 0. The van der Waals surface area contributed by atoms with Gasteiger partial charge in [-0.15, -0.1) is 24.0 Å². The number of carbonyl (C=O) groups is 1. The summed E-state index contributed by atoms with van der Waals surface area (Å²) in [7, 11) is 3.53. The molecule has 1 aliphatic rings. The van der Waals surface area contributed by atoms with Gasteiger partial charge in [0.1, 0.15) is 0 Å². The normalized spacial score (nSPS) is 16.7. The van der Waals surface area contributed by atoms with Gasteiger partial charge in [0, 0.05) is 38.8 Å². The monoisotopic (exact) mass is 515 g/mol. The predicted molar refractivity (Wildman–Crippen MR) is 132 cm³/mol. The highest BCUT2D eigenvalue weighted by atomic mass is 127. The molecule has 1 aliphatic heterocycles. The van der Waals surface area contributed by atoms with Crippen LogP contribution < -0.4 is 10.6 Å². The molecular weight excluding hydrogens is 477 g/mol. The number of guanidine groups is 1. The fourth-order valence-electron chi connectivity index (χ4n) is 3.37. The summed E-state index contributed by atoms with van der Waals surface area (Å²) in [6, 6.07) is 8.18. The van der Waals surface area contributed by atoms with Gasteiger partial charge < -0.3 is 15.5 Å². The summed E-state index contributed by atoms with van der Waals surface area (Å²) in [4.78, 5) is 20.8. The number of halogens is 1. The lowest BCUT2D eigenvalue weighted by atomic mass is 9.98. The van der Waals surface area contributed by atoms with Crippen LogP contribution in [0.15, 0.2) is 29.3 Å². The molecule has 2 N–H and O–H groups in total. The summed E-state index contributed by atoms with van der Waals surface area (Å²) >= 11 is 0. The van der Waals surface area contributed by atoms with Crippen LogP contribution in [0.25, 0.3) is 0 Å². The molecule has 1 fully saturated rings. The van der Waals surface area contributed by atoms with E-state index in [9.17, 15) is 4.79 Å². The van der Waals surface area contributed by atoms with E-state index >= 15 is 0 Å². The van der Waals surface area contributed by atoms with Gasteiger partial charge in [-0.25, -0.2) is 4.99 Å². The molecular formula is C22H38IN5O. The Morgan fingerprint density at radius 1 is 1.21 bits per heavy atom. The lowest BCUT2D eigenvalue weighted by Crippen LogP contribution is -2.48. The van der Waals surface area contributed by atoms with Crippen LogP contribution in [0.3, 0.4) is 0 Å². The maximum absolute atomic E-state index is 12.0. The van der Waals surface area contributed by atoms with E-state index in [1.807, 2.05) is 24.3 Å². The number of piperidine rings is 1. The SMILES string of the molecule is CCNC(=NCc1ccc(C(=O)N(C)C)cc1)NCC(C)N1CCC(C)CC1.I. The van der Waals surface area contributed by atoms with Crippen molar-refractivity contribution in [3.05, 3.63) is 35.4 Å². The number of nitrogens with zero attached hydrogens (tertiary/aromatic N) is 3. The van der Waals surface area contributed by atoms with E-state index in [1.54, 1.807) is 19.0 Å². The van der Waals surface area contributed by atoms with Gasteiger partial charge in [-0.3, -0.25) is 9.69 Å². The molecule has 1 amide bonds. The zero-order valence-electron chi connectivity index (χ0n) is 18.6. The number of hydrogen-bond acceptors (Lipinski definition) is 3. The molecule has 1 aromatic carbocycles. The van der Waals surface area contributed by atoms with Gasteiger partial charge in [0.2, 0.25) is 0 Å². The van der Waals surface area contributed by atoms with Crippen molar-refractivity contribution < 1.29 is 4.79 Å². The summed E-state index contributed by atoms with van der Waals surface area (Å²) in [5, 5.41) is 6.80. The molecule has 1 aromatic rings. The highest BCUT2D eigenvalue weighted by Gasteiger charge is 2.20. The van der Waals surface area contributed by atoms with Crippen molar-refractivity contribution in [3.63, 3.8) is 0 Å². The number of amides is 1. The molecule has 0 aromatic heterocycles. The second kappa shape index (κ2) is 13.1. The molecule has 29 heavy (non-hydrogen) atoms. The van der Waals surface area contributed by atoms with Gasteiger partial charge in [0.05, 0.1) is 6.54 Å². The number of carbonyl (C=O) groups excluding carboxylic acids is 1. The average molecular weight is 515 g/mol. The van der Waals surface area contributed by atoms with Crippen LogP contribution in [0.4, 0.5) is 0 Å². The van der Waals surface area contributed by atoms with Crippen molar-refractivity contribution >= 4 is 35.8 Å². The van der Waals surface area contributed by atoms with Crippen molar-refractivity contribution in [2.45, 2.75) is 46.2 Å². The van der Waals surface area contributed by atoms with E-state index in [4.69, 9.17) is 4.99 Å². The zero-order chi connectivity index (χ0) is 20.5. The molecule has 1 atom stereocenters. The average Bonchev–Trinajstić information content (AvgIpc) is 2.70. The second-order valence-electron chi connectivity index (χ2n) is 8.04.